The summed E-state index contributed by atoms with van der Waals surface area (Å²) in [5.41, 5.74) is 0.220. The number of carbonyl (C=O) groups excluding carboxylic acids is 2. The van der Waals surface area contributed by atoms with Crippen LogP contribution in [0.15, 0.2) is 29.2 Å². The minimum Gasteiger partial charge on any atom is -0.452 e. The smallest absolute Gasteiger partial charge is 0.338 e. The third-order valence-corrected chi connectivity index (χ3v) is 7.26. The van der Waals surface area contributed by atoms with E-state index in [1.165, 1.54) is 28.6 Å². The second-order valence-electron chi connectivity index (χ2n) is 7.61. The lowest BCUT2D eigenvalue weighted by atomic mass is 10.2. The van der Waals surface area contributed by atoms with Crippen molar-refractivity contribution in [2.45, 2.75) is 56.4 Å². The summed E-state index contributed by atoms with van der Waals surface area (Å²) in [6.45, 7) is 2.66. The van der Waals surface area contributed by atoms with E-state index in [1.807, 2.05) is 6.92 Å². The van der Waals surface area contributed by atoms with E-state index in [4.69, 9.17) is 4.74 Å². The van der Waals surface area contributed by atoms with Gasteiger partial charge < -0.3 is 10.1 Å². The van der Waals surface area contributed by atoms with Gasteiger partial charge in [0.15, 0.2) is 6.61 Å². The second kappa shape index (κ2) is 9.05. The zero-order valence-corrected chi connectivity index (χ0v) is 17.0. The summed E-state index contributed by atoms with van der Waals surface area (Å²) in [7, 11) is -3.55. The molecular formula is C20H28N2O5S. The molecule has 1 saturated heterocycles. The first kappa shape index (κ1) is 20.8. The molecule has 28 heavy (non-hydrogen) atoms. The summed E-state index contributed by atoms with van der Waals surface area (Å²) in [5, 5.41) is 2.82. The van der Waals surface area contributed by atoms with Crippen molar-refractivity contribution in [1.29, 1.82) is 0 Å². The van der Waals surface area contributed by atoms with E-state index in [-0.39, 0.29) is 29.0 Å². The molecule has 1 atom stereocenters. The van der Waals surface area contributed by atoms with E-state index in [1.54, 1.807) is 0 Å². The molecule has 0 spiro atoms. The summed E-state index contributed by atoms with van der Waals surface area (Å²) < 4.78 is 32.1. The average molecular weight is 409 g/mol. The van der Waals surface area contributed by atoms with Crippen molar-refractivity contribution >= 4 is 21.9 Å². The van der Waals surface area contributed by atoms with E-state index >= 15 is 0 Å². The number of ether oxygens (including phenoxy) is 1. The largest absolute Gasteiger partial charge is 0.452 e. The molecule has 1 aliphatic heterocycles. The summed E-state index contributed by atoms with van der Waals surface area (Å²) in [6, 6.07) is 5.79. The van der Waals surface area contributed by atoms with Crippen LogP contribution in [0.25, 0.3) is 0 Å². The Morgan fingerprint density at radius 3 is 2.29 bits per heavy atom. The number of carbonyl (C=O) groups is 2. The number of hydrogen-bond acceptors (Lipinski definition) is 5. The number of nitrogens with one attached hydrogen (secondary N) is 1. The van der Waals surface area contributed by atoms with E-state index in [2.05, 4.69) is 5.32 Å². The molecule has 0 bridgehead atoms. The highest BCUT2D eigenvalue weighted by Gasteiger charge is 2.29. The standard InChI is InChI=1S/C20H28N2O5S/c1-15(16-6-7-16)21-19(23)14-27-20(24)17-8-10-18(11-9-17)28(25,26)22-12-4-2-3-5-13-22/h8-11,15-16H,2-7,12-14H2,1H3,(H,21,23)/t15-/m0/s1. The quantitative estimate of drug-likeness (QED) is 0.699. The van der Waals surface area contributed by atoms with Crippen LogP contribution < -0.4 is 5.32 Å². The van der Waals surface area contributed by atoms with Gasteiger partial charge in [0.25, 0.3) is 5.91 Å². The van der Waals surface area contributed by atoms with Crippen molar-refractivity contribution in [2.24, 2.45) is 5.92 Å². The van der Waals surface area contributed by atoms with Gasteiger partial charge in [-0.2, -0.15) is 4.31 Å². The lowest BCUT2D eigenvalue weighted by Gasteiger charge is -2.20. The Hall–Kier alpha value is -1.93. The molecule has 1 heterocycles. The van der Waals surface area contributed by atoms with Gasteiger partial charge in [0.2, 0.25) is 10.0 Å². The highest BCUT2D eigenvalue weighted by atomic mass is 32.2. The number of rotatable bonds is 7. The van der Waals surface area contributed by atoms with Crippen molar-refractivity contribution in [3.8, 4) is 0 Å². The van der Waals surface area contributed by atoms with Crippen LogP contribution in [0.3, 0.4) is 0 Å². The monoisotopic (exact) mass is 408 g/mol. The van der Waals surface area contributed by atoms with Crippen LogP contribution in [0.4, 0.5) is 0 Å². The SMILES string of the molecule is C[C@H](NC(=O)COC(=O)c1ccc(S(=O)(=O)N2CCCCCC2)cc1)C1CC1. The Labute approximate surface area is 166 Å². The van der Waals surface area contributed by atoms with Gasteiger partial charge in [-0.1, -0.05) is 12.8 Å². The summed E-state index contributed by atoms with van der Waals surface area (Å²) >= 11 is 0. The van der Waals surface area contributed by atoms with Gasteiger partial charge in [0, 0.05) is 19.1 Å². The van der Waals surface area contributed by atoms with Gasteiger partial charge >= 0.3 is 5.97 Å². The highest BCUT2D eigenvalue weighted by Crippen LogP contribution is 2.32. The molecule has 1 N–H and O–H groups in total. The van der Waals surface area contributed by atoms with Gasteiger partial charge in [0.05, 0.1) is 10.5 Å². The van der Waals surface area contributed by atoms with Crippen molar-refractivity contribution in [1.82, 2.24) is 9.62 Å². The molecule has 3 rings (SSSR count). The second-order valence-corrected chi connectivity index (χ2v) is 9.55. The molecule has 1 aromatic rings. The van der Waals surface area contributed by atoms with E-state index in [0.29, 0.717) is 19.0 Å². The van der Waals surface area contributed by atoms with Crippen molar-refractivity contribution in [2.75, 3.05) is 19.7 Å². The lowest BCUT2D eigenvalue weighted by Crippen LogP contribution is -2.37. The Kier molecular flexibility index (Phi) is 6.72. The maximum Gasteiger partial charge on any atom is 0.338 e. The summed E-state index contributed by atoms with van der Waals surface area (Å²) in [4.78, 5) is 24.1. The predicted molar refractivity (Wildman–Crippen MR) is 104 cm³/mol. The van der Waals surface area contributed by atoms with E-state index in [0.717, 1.165) is 38.5 Å². The number of benzene rings is 1. The maximum absolute atomic E-state index is 12.8. The number of esters is 1. The maximum atomic E-state index is 12.8. The zero-order valence-electron chi connectivity index (χ0n) is 16.2. The predicted octanol–water partition coefficient (Wildman–Crippen LogP) is 2.32. The van der Waals surface area contributed by atoms with Crippen LogP contribution in [0.2, 0.25) is 0 Å². The van der Waals surface area contributed by atoms with Crippen LogP contribution in [-0.2, 0) is 19.6 Å². The van der Waals surface area contributed by atoms with Gasteiger partial charge in [-0.15, -0.1) is 0 Å². The Morgan fingerprint density at radius 2 is 1.71 bits per heavy atom. The van der Waals surface area contributed by atoms with Crippen molar-refractivity contribution in [3.63, 3.8) is 0 Å². The minimum atomic E-state index is -3.55. The van der Waals surface area contributed by atoms with Crippen LogP contribution in [0, 0.1) is 5.92 Å². The fourth-order valence-corrected chi connectivity index (χ4v) is 4.94. The topological polar surface area (TPSA) is 92.8 Å². The van der Waals surface area contributed by atoms with E-state index in [9.17, 15) is 18.0 Å². The zero-order chi connectivity index (χ0) is 20.1. The average Bonchev–Trinajstić information content (AvgIpc) is 3.53. The summed E-state index contributed by atoms with van der Waals surface area (Å²) in [6.07, 6.45) is 6.06. The third-order valence-electron chi connectivity index (χ3n) is 5.34. The van der Waals surface area contributed by atoms with Gasteiger partial charge in [-0.05, 0) is 62.8 Å². The van der Waals surface area contributed by atoms with Gasteiger partial charge in [-0.3, -0.25) is 4.79 Å². The van der Waals surface area contributed by atoms with Crippen molar-refractivity contribution in [3.05, 3.63) is 29.8 Å². The Bertz CT molecular complexity index is 794. The van der Waals surface area contributed by atoms with Crippen LogP contribution in [0.5, 0.6) is 0 Å². The fraction of sp³-hybridized carbons (Fsp3) is 0.600. The third kappa shape index (κ3) is 5.32. The highest BCUT2D eigenvalue weighted by molar-refractivity contribution is 7.89. The molecule has 1 amide bonds. The number of amides is 1. The van der Waals surface area contributed by atoms with Gasteiger partial charge in [0.1, 0.15) is 0 Å². The number of nitrogens with zero attached hydrogens (tertiary/aromatic N) is 1. The van der Waals surface area contributed by atoms with Crippen molar-refractivity contribution < 1.29 is 22.7 Å². The first-order valence-electron chi connectivity index (χ1n) is 9.94. The Morgan fingerprint density at radius 1 is 1.11 bits per heavy atom. The number of sulfonamides is 1. The fourth-order valence-electron chi connectivity index (χ4n) is 3.42. The lowest BCUT2D eigenvalue weighted by molar-refractivity contribution is -0.124. The molecule has 1 saturated carbocycles. The minimum absolute atomic E-state index is 0.0923. The van der Waals surface area contributed by atoms with Crippen LogP contribution >= 0.6 is 0 Å². The molecule has 2 fully saturated rings. The molecular weight excluding hydrogens is 380 g/mol. The molecule has 7 nitrogen and oxygen atoms in total. The van der Waals surface area contributed by atoms with Crippen LogP contribution in [-0.4, -0.2) is 50.3 Å². The molecule has 0 radical (unpaired) electrons. The molecule has 0 unspecified atom stereocenters. The molecule has 2 aliphatic rings. The molecule has 1 aliphatic carbocycles. The Balaban J connectivity index is 1.55. The number of hydrogen-bond donors (Lipinski definition) is 1. The normalized spacial score (nSPS) is 19.5. The van der Waals surface area contributed by atoms with Crippen LogP contribution in [0.1, 0.15) is 55.8 Å². The molecule has 1 aromatic carbocycles. The molecule has 0 aromatic heterocycles. The van der Waals surface area contributed by atoms with E-state index < -0.39 is 16.0 Å². The first-order chi connectivity index (χ1) is 13.4. The summed E-state index contributed by atoms with van der Waals surface area (Å²) in [5.74, 6) is -0.445. The molecule has 154 valence electrons. The van der Waals surface area contributed by atoms with Gasteiger partial charge in [-0.25, -0.2) is 13.2 Å². The molecule has 8 heteroatoms. The first-order valence-corrected chi connectivity index (χ1v) is 11.4.